The summed E-state index contributed by atoms with van der Waals surface area (Å²) in [5.41, 5.74) is 1.93. The van der Waals surface area contributed by atoms with Crippen LogP contribution in [0.5, 0.6) is 0 Å². The third kappa shape index (κ3) is 2.99. The minimum absolute atomic E-state index is 0.0645. The SMILES string of the molecule is C[C@H](O)CNCc1ccc2oc3cc(Cl)ccc3c(=O)c2c1. The van der Waals surface area contributed by atoms with Crippen LogP contribution in [0.2, 0.25) is 5.02 Å². The average molecular weight is 318 g/mol. The van der Waals surface area contributed by atoms with Crippen LogP contribution in [0.15, 0.2) is 45.6 Å². The molecule has 3 aromatic rings. The number of hydrogen-bond donors (Lipinski definition) is 2. The Balaban J connectivity index is 2.04. The Bertz CT molecular complexity index is 886. The van der Waals surface area contributed by atoms with Gasteiger partial charge in [0.15, 0.2) is 0 Å². The number of aliphatic hydroxyl groups is 1. The lowest BCUT2D eigenvalue weighted by Gasteiger charge is -2.08. The van der Waals surface area contributed by atoms with Crippen LogP contribution in [0, 0.1) is 0 Å². The minimum Gasteiger partial charge on any atom is -0.456 e. The molecule has 0 amide bonds. The van der Waals surface area contributed by atoms with Crippen molar-refractivity contribution in [1.82, 2.24) is 5.32 Å². The van der Waals surface area contributed by atoms with Gasteiger partial charge in [0.05, 0.1) is 16.9 Å². The molecule has 5 heteroatoms. The molecule has 0 saturated carbocycles. The highest BCUT2D eigenvalue weighted by molar-refractivity contribution is 6.31. The smallest absolute Gasteiger partial charge is 0.200 e. The molecule has 1 heterocycles. The van der Waals surface area contributed by atoms with Crippen LogP contribution in [0.4, 0.5) is 0 Å². The van der Waals surface area contributed by atoms with Gasteiger partial charge in [-0.15, -0.1) is 0 Å². The lowest BCUT2D eigenvalue weighted by molar-refractivity contribution is 0.191. The van der Waals surface area contributed by atoms with E-state index >= 15 is 0 Å². The molecule has 0 spiro atoms. The van der Waals surface area contributed by atoms with Gasteiger partial charge in [0.2, 0.25) is 5.43 Å². The van der Waals surface area contributed by atoms with E-state index in [9.17, 15) is 9.90 Å². The Morgan fingerprint density at radius 3 is 2.77 bits per heavy atom. The van der Waals surface area contributed by atoms with E-state index < -0.39 is 6.10 Å². The molecule has 3 rings (SSSR count). The summed E-state index contributed by atoms with van der Waals surface area (Å²) in [4.78, 5) is 12.6. The summed E-state index contributed by atoms with van der Waals surface area (Å²) >= 11 is 5.94. The van der Waals surface area contributed by atoms with Gasteiger partial charge >= 0.3 is 0 Å². The lowest BCUT2D eigenvalue weighted by atomic mass is 10.1. The summed E-state index contributed by atoms with van der Waals surface area (Å²) in [6.45, 7) is 2.81. The van der Waals surface area contributed by atoms with Crippen LogP contribution in [0.25, 0.3) is 21.9 Å². The molecule has 0 aliphatic carbocycles. The number of fused-ring (bicyclic) bond motifs is 2. The zero-order valence-electron chi connectivity index (χ0n) is 12.1. The molecule has 22 heavy (non-hydrogen) atoms. The second kappa shape index (κ2) is 6.08. The molecule has 0 aliphatic rings. The Kier molecular flexibility index (Phi) is 4.16. The molecule has 1 atom stereocenters. The molecule has 0 radical (unpaired) electrons. The highest BCUT2D eigenvalue weighted by Crippen LogP contribution is 2.22. The van der Waals surface area contributed by atoms with E-state index in [2.05, 4.69) is 5.32 Å². The monoisotopic (exact) mass is 317 g/mol. The molecule has 1 aromatic heterocycles. The van der Waals surface area contributed by atoms with Gasteiger partial charge in [0.25, 0.3) is 0 Å². The summed E-state index contributed by atoms with van der Waals surface area (Å²) < 4.78 is 5.76. The molecule has 2 N–H and O–H groups in total. The first-order valence-corrected chi connectivity index (χ1v) is 7.46. The van der Waals surface area contributed by atoms with Gasteiger partial charge in [-0.2, -0.15) is 0 Å². The van der Waals surface area contributed by atoms with Crippen molar-refractivity contribution in [2.45, 2.75) is 19.6 Å². The molecule has 0 fully saturated rings. The molecule has 0 aliphatic heterocycles. The fraction of sp³-hybridized carbons (Fsp3) is 0.235. The van der Waals surface area contributed by atoms with Crippen LogP contribution < -0.4 is 10.7 Å². The van der Waals surface area contributed by atoms with Gasteiger partial charge in [-0.3, -0.25) is 4.79 Å². The zero-order valence-corrected chi connectivity index (χ0v) is 12.9. The number of rotatable bonds is 4. The van der Waals surface area contributed by atoms with Crippen molar-refractivity contribution < 1.29 is 9.52 Å². The number of benzene rings is 2. The van der Waals surface area contributed by atoms with Gasteiger partial charge in [-0.05, 0) is 36.8 Å². The molecule has 0 unspecified atom stereocenters. The summed E-state index contributed by atoms with van der Waals surface area (Å²) in [5.74, 6) is 0. The summed E-state index contributed by atoms with van der Waals surface area (Å²) in [5, 5.41) is 14.0. The molecular weight excluding hydrogens is 302 g/mol. The number of halogens is 1. The van der Waals surface area contributed by atoms with Crippen molar-refractivity contribution in [2.24, 2.45) is 0 Å². The van der Waals surface area contributed by atoms with E-state index in [0.29, 0.717) is 40.1 Å². The zero-order chi connectivity index (χ0) is 15.7. The van der Waals surface area contributed by atoms with E-state index in [4.69, 9.17) is 16.0 Å². The van der Waals surface area contributed by atoms with E-state index in [-0.39, 0.29) is 5.43 Å². The van der Waals surface area contributed by atoms with Crippen LogP contribution in [0.1, 0.15) is 12.5 Å². The second-order valence-electron chi connectivity index (χ2n) is 5.38. The molecule has 0 bridgehead atoms. The van der Waals surface area contributed by atoms with Crippen LogP contribution in [0.3, 0.4) is 0 Å². The minimum atomic E-state index is -0.404. The van der Waals surface area contributed by atoms with Gasteiger partial charge in [-0.25, -0.2) is 0 Å². The van der Waals surface area contributed by atoms with E-state index in [0.717, 1.165) is 5.56 Å². The summed E-state index contributed by atoms with van der Waals surface area (Å²) in [7, 11) is 0. The molecule has 4 nitrogen and oxygen atoms in total. The fourth-order valence-electron chi connectivity index (χ4n) is 2.41. The van der Waals surface area contributed by atoms with Gasteiger partial charge in [-0.1, -0.05) is 17.7 Å². The van der Waals surface area contributed by atoms with Crippen molar-refractivity contribution in [3.05, 3.63) is 57.2 Å². The predicted molar refractivity (Wildman–Crippen MR) is 88.4 cm³/mol. The maximum atomic E-state index is 12.6. The maximum Gasteiger partial charge on any atom is 0.200 e. The number of hydrogen-bond acceptors (Lipinski definition) is 4. The fourth-order valence-corrected chi connectivity index (χ4v) is 2.57. The number of aliphatic hydroxyl groups excluding tert-OH is 1. The Hall–Kier alpha value is -1.88. The molecular formula is C17H16ClNO3. The van der Waals surface area contributed by atoms with Gasteiger partial charge in [0, 0.05) is 24.2 Å². The van der Waals surface area contributed by atoms with Crippen molar-refractivity contribution in [1.29, 1.82) is 0 Å². The predicted octanol–water partition coefficient (Wildman–Crippen LogP) is 3.07. The summed E-state index contributed by atoms with van der Waals surface area (Å²) in [6.07, 6.45) is -0.404. The normalized spacial score (nSPS) is 12.9. The summed E-state index contributed by atoms with van der Waals surface area (Å²) in [6, 6.07) is 10.5. The second-order valence-corrected chi connectivity index (χ2v) is 5.82. The van der Waals surface area contributed by atoms with Crippen LogP contribution in [-0.4, -0.2) is 17.8 Å². The Morgan fingerprint density at radius 1 is 1.18 bits per heavy atom. The van der Waals surface area contributed by atoms with Crippen molar-refractivity contribution >= 4 is 33.5 Å². The molecule has 0 saturated heterocycles. The van der Waals surface area contributed by atoms with Crippen molar-refractivity contribution in [2.75, 3.05) is 6.54 Å². The largest absolute Gasteiger partial charge is 0.456 e. The lowest BCUT2D eigenvalue weighted by Crippen LogP contribution is -2.23. The van der Waals surface area contributed by atoms with Crippen molar-refractivity contribution in [3.63, 3.8) is 0 Å². The van der Waals surface area contributed by atoms with E-state index in [1.165, 1.54) is 0 Å². The first-order chi connectivity index (χ1) is 10.5. The molecule has 2 aromatic carbocycles. The maximum absolute atomic E-state index is 12.6. The Morgan fingerprint density at radius 2 is 2.00 bits per heavy atom. The van der Waals surface area contributed by atoms with Gasteiger partial charge in [0.1, 0.15) is 11.2 Å². The third-order valence-corrected chi connectivity index (χ3v) is 3.70. The third-order valence-electron chi connectivity index (χ3n) is 3.47. The first kappa shape index (κ1) is 15.0. The van der Waals surface area contributed by atoms with Crippen LogP contribution in [-0.2, 0) is 6.54 Å². The average Bonchev–Trinajstić information content (AvgIpc) is 2.47. The first-order valence-electron chi connectivity index (χ1n) is 7.08. The van der Waals surface area contributed by atoms with Gasteiger partial charge < -0.3 is 14.8 Å². The number of nitrogens with one attached hydrogen (secondary N) is 1. The van der Waals surface area contributed by atoms with Crippen molar-refractivity contribution in [3.8, 4) is 0 Å². The quantitative estimate of drug-likeness (QED) is 0.726. The highest BCUT2D eigenvalue weighted by atomic mass is 35.5. The molecule has 114 valence electrons. The standard InChI is InChI=1S/C17H16ClNO3/c1-10(20)8-19-9-11-2-5-15-14(6-11)17(21)13-4-3-12(18)7-16(13)22-15/h2-7,10,19-20H,8-9H2,1H3/t10-/m0/s1. The topological polar surface area (TPSA) is 62.5 Å². The Labute approximate surface area is 132 Å². The van der Waals surface area contributed by atoms with Crippen LogP contribution >= 0.6 is 11.6 Å². The van der Waals surface area contributed by atoms with E-state index in [1.807, 2.05) is 12.1 Å². The highest BCUT2D eigenvalue weighted by Gasteiger charge is 2.09. The van der Waals surface area contributed by atoms with E-state index in [1.54, 1.807) is 31.2 Å².